The molecule has 2 amide bonds. The molecule has 1 aromatic rings. The Kier molecular flexibility index (Phi) is 3.68. The molecule has 0 aliphatic carbocycles. The molecular formula is C11H17N3O. The van der Waals surface area contributed by atoms with Crippen molar-refractivity contribution in [2.45, 2.75) is 6.54 Å². The van der Waals surface area contributed by atoms with Crippen LogP contribution in [0.15, 0.2) is 24.3 Å². The van der Waals surface area contributed by atoms with E-state index in [0.29, 0.717) is 6.54 Å². The molecule has 0 atom stereocenters. The number of rotatable bonds is 2. The van der Waals surface area contributed by atoms with Crippen molar-refractivity contribution in [3.8, 4) is 0 Å². The van der Waals surface area contributed by atoms with Crippen molar-refractivity contribution >= 4 is 11.7 Å². The maximum atomic E-state index is 11.6. The van der Waals surface area contributed by atoms with E-state index in [-0.39, 0.29) is 6.03 Å². The summed E-state index contributed by atoms with van der Waals surface area (Å²) in [6, 6.07) is 7.59. The van der Waals surface area contributed by atoms with Crippen LogP contribution in [0, 0.1) is 0 Å². The lowest BCUT2D eigenvalue weighted by molar-refractivity contribution is 0.225. The van der Waals surface area contributed by atoms with Crippen molar-refractivity contribution in [3.05, 3.63) is 29.8 Å². The lowest BCUT2D eigenvalue weighted by atomic mass is 10.2. The number of benzene rings is 1. The van der Waals surface area contributed by atoms with Crippen LogP contribution in [-0.2, 0) is 6.54 Å². The topological polar surface area (TPSA) is 49.6 Å². The van der Waals surface area contributed by atoms with Gasteiger partial charge in [-0.05, 0) is 17.7 Å². The highest BCUT2D eigenvalue weighted by atomic mass is 16.2. The molecule has 0 saturated heterocycles. The molecule has 1 rings (SSSR count). The maximum Gasteiger partial charge on any atom is 0.323 e. The lowest BCUT2D eigenvalue weighted by Crippen LogP contribution is -2.36. The van der Waals surface area contributed by atoms with Gasteiger partial charge in [-0.1, -0.05) is 12.1 Å². The highest BCUT2D eigenvalue weighted by molar-refractivity contribution is 5.91. The molecule has 0 aromatic heterocycles. The Morgan fingerprint density at radius 1 is 1.20 bits per heavy atom. The second kappa shape index (κ2) is 4.79. The van der Waals surface area contributed by atoms with Gasteiger partial charge in [-0.3, -0.25) is 4.90 Å². The first-order valence-corrected chi connectivity index (χ1v) is 4.80. The number of hydrogen-bond donors (Lipinski definition) is 1. The number of anilines is 1. The van der Waals surface area contributed by atoms with Gasteiger partial charge < -0.3 is 10.6 Å². The molecule has 0 aliphatic rings. The third kappa shape index (κ3) is 2.70. The minimum absolute atomic E-state index is 0.0458. The summed E-state index contributed by atoms with van der Waals surface area (Å²) in [6.07, 6.45) is 0. The monoisotopic (exact) mass is 207 g/mol. The van der Waals surface area contributed by atoms with Gasteiger partial charge in [0.1, 0.15) is 0 Å². The van der Waals surface area contributed by atoms with Crippen molar-refractivity contribution in [2.75, 3.05) is 26.0 Å². The molecule has 82 valence electrons. The first kappa shape index (κ1) is 11.5. The first-order valence-electron chi connectivity index (χ1n) is 4.80. The van der Waals surface area contributed by atoms with E-state index in [9.17, 15) is 4.79 Å². The summed E-state index contributed by atoms with van der Waals surface area (Å²) >= 11 is 0. The second-order valence-electron chi connectivity index (χ2n) is 3.61. The zero-order chi connectivity index (χ0) is 11.4. The Bertz CT molecular complexity index is 332. The minimum Gasteiger partial charge on any atom is -0.330 e. The van der Waals surface area contributed by atoms with Gasteiger partial charge in [-0.15, -0.1) is 0 Å². The number of nitrogens with zero attached hydrogens (tertiary/aromatic N) is 2. The summed E-state index contributed by atoms with van der Waals surface area (Å²) in [4.78, 5) is 14.8. The first-order chi connectivity index (χ1) is 7.06. The summed E-state index contributed by atoms with van der Waals surface area (Å²) in [7, 11) is 5.21. The quantitative estimate of drug-likeness (QED) is 0.793. The standard InChI is InChI=1S/C11H17N3O/c1-13(2)11(15)14(3)10-6-4-9(8-12)5-7-10/h4-7H,8,12H2,1-3H3. The number of carbonyl (C=O) groups excluding carboxylic acids is 1. The Labute approximate surface area is 90.3 Å². The Hall–Kier alpha value is -1.55. The van der Waals surface area contributed by atoms with Gasteiger partial charge in [-0.2, -0.15) is 0 Å². The van der Waals surface area contributed by atoms with Crippen LogP contribution in [0.25, 0.3) is 0 Å². The van der Waals surface area contributed by atoms with Crippen LogP contribution in [-0.4, -0.2) is 32.1 Å². The predicted octanol–water partition coefficient (Wildman–Crippen LogP) is 1.26. The van der Waals surface area contributed by atoms with E-state index in [1.165, 1.54) is 4.90 Å². The van der Waals surface area contributed by atoms with Crippen LogP contribution >= 0.6 is 0 Å². The SMILES string of the molecule is CN(C)C(=O)N(C)c1ccc(CN)cc1. The van der Waals surface area contributed by atoms with Crippen LogP contribution in [0.5, 0.6) is 0 Å². The number of urea groups is 1. The van der Waals surface area contributed by atoms with Crippen molar-refractivity contribution in [2.24, 2.45) is 5.73 Å². The second-order valence-corrected chi connectivity index (χ2v) is 3.61. The van der Waals surface area contributed by atoms with Crippen molar-refractivity contribution in [1.29, 1.82) is 0 Å². The van der Waals surface area contributed by atoms with Crippen LogP contribution in [0.3, 0.4) is 0 Å². The van der Waals surface area contributed by atoms with Crippen molar-refractivity contribution in [1.82, 2.24) is 4.90 Å². The molecular weight excluding hydrogens is 190 g/mol. The molecule has 4 heteroatoms. The van der Waals surface area contributed by atoms with Crippen LogP contribution in [0.4, 0.5) is 10.5 Å². The lowest BCUT2D eigenvalue weighted by Gasteiger charge is -2.21. The fourth-order valence-electron chi connectivity index (χ4n) is 1.27. The van der Waals surface area contributed by atoms with Gasteiger partial charge in [0.2, 0.25) is 0 Å². The molecule has 0 saturated carbocycles. The highest BCUT2D eigenvalue weighted by Gasteiger charge is 2.11. The van der Waals surface area contributed by atoms with Gasteiger partial charge in [0.05, 0.1) is 0 Å². The fraction of sp³-hybridized carbons (Fsp3) is 0.364. The van der Waals surface area contributed by atoms with E-state index >= 15 is 0 Å². The Morgan fingerprint density at radius 2 is 1.73 bits per heavy atom. The van der Waals surface area contributed by atoms with Gasteiger partial charge in [0.15, 0.2) is 0 Å². The van der Waals surface area contributed by atoms with Gasteiger partial charge in [-0.25, -0.2) is 4.79 Å². The molecule has 15 heavy (non-hydrogen) atoms. The Morgan fingerprint density at radius 3 is 2.13 bits per heavy atom. The number of carbonyl (C=O) groups is 1. The molecule has 0 unspecified atom stereocenters. The summed E-state index contributed by atoms with van der Waals surface area (Å²) < 4.78 is 0. The largest absolute Gasteiger partial charge is 0.330 e. The summed E-state index contributed by atoms with van der Waals surface area (Å²) in [5.74, 6) is 0. The molecule has 2 N–H and O–H groups in total. The van der Waals surface area contributed by atoms with Crippen LogP contribution < -0.4 is 10.6 Å². The number of hydrogen-bond acceptors (Lipinski definition) is 2. The third-order valence-electron chi connectivity index (χ3n) is 2.23. The average molecular weight is 207 g/mol. The summed E-state index contributed by atoms with van der Waals surface area (Å²) in [5, 5.41) is 0. The summed E-state index contributed by atoms with van der Waals surface area (Å²) in [5.41, 5.74) is 7.42. The van der Waals surface area contributed by atoms with E-state index in [1.54, 1.807) is 26.0 Å². The van der Waals surface area contributed by atoms with Gasteiger partial charge in [0.25, 0.3) is 0 Å². The normalized spacial score (nSPS) is 9.87. The smallest absolute Gasteiger partial charge is 0.323 e. The van der Waals surface area contributed by atoms with E-state index in [0.717, 1.165) is 11.3 Å². The third-order valence-corrected chi connectivity index (χ3v) is 2.23. The van der Waals surface area contributed by atoms with Crippen LogP contribution in [0.2, 0.25) is 0 Å². The van der Waals surface area contributed by atoms with E-state index in [4.69, 9.17) is 5.73 Å². The van der Waals surface area contributed by atoms with Gasteiger partial charge >= 0.3 is 6.03 Å². The molecule has 0 bridgehead atoms. The van der Waals surface area contributed by atoms with E-state index in [1.807, 2.05) is 24.3 Å². The van der Waals surface area contributed by atoms with Crippen LogP contribution in [0.1, 0.15) is 5.56 Å². The molecule has 0 heterocycles. The molecule has 0 fully saturated rings. The molecule has 0 radical (unpaired) electrons. The fourth-order valence-corrected chi connectivity index (χ4v) is 1.27. The number of nitrogens with two attached hydrogens (primary N) is 1. The molecule has 4 nitrogen and oxygen atoms in total. The molecule has 1 aromatic carbocycles. The van der Waals surface area contributed by atoms with Gasteiger partial charge in [0, 0.05) is 33.4 Å². The zero-order valence-corrected chi connectivity index (χ0v) is 9.40. The highest BCUT2D eigenvalue weighted by Crippen LogP contribution is 2.14. The minimum atomic E-state index is -0.0458. The maximum absolute atomic E-state index is 11.6. The molecule has 0 aliphatic heterocycles. The number of amides is 2. The van der Waals surface area contributed by atoms with E-state index in [2.05, 4.69) is 0 Å². The van der Waals surface area contributed by atoms with Crippen molar-refractivity contribution < 1.29 is 4.79 Å². The van der Waals surface area contributed by atoms with E-state index < -0.39 is 0 Å². The van der Waals surface area contributed by atoms with Crippen molar-refractivity contribution in [3.63, 3.8) is 0 Å². The average Bonchev–Trinajstić information content (AvgIpc) is 2.27. The summed E-state index contributed by atoms with van der Waals surface area (Å²) in [6.45, 7) is 0.519. The zero-order valence-electron chi connectivity index (χ0n) is 9.40. The Balaban J connectivity index is 2.82. The molecule has 0 spiro atoms. The predicted molar refractivity (Wildman–Crippen MR) is 61.8 cm³/mol.